The fraction of sp³-hybridized carbons (Fsp3) is 0.182. The third-order valence-corrected chi connectivity index (χ3v) is 6.06. The third kappa shape index (κ3) is 4.82. The highest BCUT2D eigenvalue weighted by atomic mass is 32.2. The number of para-hydroxylation sites is 2. The number of benzene rings is 2. The molecule has 0 saturated carbocycles. The first-order chi connectivity index (χ1) is 13.8. The predicted molar refractivity (Wildman–Crippen MR) is 115 cm³/mol. The second-order valence-corrected chi connectivity index (χ2v) is 8.33. The van der Waals surface area contributed by atoms with Crippen LogP contribution in [0.3, 0.4) is 0 Å². The van der Waals surface area contributed by atoms with Crippen LogP contribution in [0.4, 0.5) is 0 Å². The lowest BCUT2D eigenvalue weighted by molar-refractivity contribution is -0.128. The molecule has 0 bridgehead atoms. The second kappa shape index (κ2) is 9.08. The van der Waals surface area contributed by atoms with Crippen molar-refractivity contribution in [3.05, 3.63) is 82.6 Å². The summed E-state index contributed by atoms with van der Waals surface area (Å²) >= 11 is 3.03. The molecule has 0 aliphatic rings. The quantitative estimate of drug-likeness (QED) is 0.374. The van der Waals surface area contributed by atoms with Crippen LogP contribution in [0.1, 0.15) is 10.4 Å². The van der Waals surface area contributed by atoms with Gasteiger partial charge >= 0.3 is 0 Å². The first-order valence-electron chi connectivity index (χ1n) is 9.10. The number of amides is 1. The summed E-state index contributed by atoms with van der Waals surface area (Å²) in [5.74, 6) is 0.407. The van der Waals surface area contributed by atoms with Gasteiger partial charge in [0, 0.05) is 11.4 Å². The van der Waals surface area contributed by atoms with Crippen molar-refractivity contribution < 1.29 is 9.21 Å². The minimum atomic E-state index is 0.0941. The summed E-state index contributed by atoms with van der Waals surface area (Å²) in [6.45, 7) is 1.33. The van der Waals surface area contributed by atoms with Gasteiger partial charge in [0.2, 0.25) is 5.91 Å². The van der Waals surface area contributed by atoms with Gasteiger partial charge < -0.3 is 9.32 Å². The highest BCUT2D eigenvalue weighted by molar-refractivity contribution is 7.99. The summed E-state index contributed by atoms with van der Waals surface area (Å²) in [6.07, 6.45) is 0.839. The van der Waals surface area contributed by atoms with E-state index in [4.69, 9.17) is 4.42 Å². The van der Waals surface area contributed by atoms with Gasteiger partial charge in [0.05, 0.1) is 12.3 Å². The molecule has 0 radical (unpaired) electrons. The summed E-state index contributed by atoms with van der Waals surface area (Å²) in [5, 5.41) is 2.58. The topological polar surface area (TPSA) is 46.3 Å². The highest BCUT2D eigenvalue weighted by Gasteiger charge is 2.17. The van der Waals surface area contributed by atoms with Crippen LogP contribution < -0.4 is 0 Å². The Labute approximate surface area is 172 Å². The van der Waals surface area contributed by atoms with E-state index in [1.807, 2.05) is 58.8 Å². The SMILES string of the molecule is O=C(CSc1nc2ccccc2o1)N(CCc1ccccc1)Cc1cccs1. The average molecular weight is 409 g/mol. The zero-order chi connectivity index (χ0) is 19.2. The molecule has 0 fully saturated rings. The van der Waals surface area contributed by atoms with Crippen molar-refractivity contribution in [2.75, 3.05) is 12.3 Å². The van der Waals surface area contributed by atoms with Gasteiger partial charge in [-0.15, -0.1) is 11.3 Å². The molecule has 2 heterocycles. The molecule has 0 unspecified atom stereocenters. The molecule has 2 aromatic heterocycles. The zero-order valence-corrected chi connectivity index (χ0v) is 16.9. The molecule has 6 heteroatoms. The Hall–Kier alpha value is -2.57. The maximum atomic E-state index is 12.9. The monoisotopic (exact) mass is 408 g/mol. The van der Waals surface area contributed by atoms with Gasteiger partial charge in [0.25, 0.3) is 5.22 Å². The number of hydrogen-bond donors (Lipinski definition) is 0. The number of nitrogens with zero attached hydrogens (tertiary/aromatic N) is 2. The summed E-state index contributed by atoms with van der Waals surface area (Å²) in [5.41, 5.74) is 2.80. The molecule has 1 amide bonds. The number of oxazole rings is 1. The van der Waals surface area contributed by atoms with Crippen LogP contribution >= 0.6 is 23.1 Å². The van der Waals surface area contributed by atoms with E-state index >= 15 is 0 Å². The van der Waals surface area contributed by atoms with Crippen molar-refractivity contribution in [1.82, 2.24) is 9.88 Å². The minimum absolute atomic E-state index is 0.0941. The van der Waals surface area contributed by atoms with E-state index in [9.17, 15) is 4.79 Å². The molecule has 28 heavy (non-hydrogen) atoms. The first kappa shape index (κ1) is 18.8. The molecule has 4 nitrogen and oxygen atoms in total. The van der Waals surface area contributed by atoms with Crippen molar-refractivity contribution in [3.8, 4) is 0 Å². The lowest BCUT2D eigenvalue weighted by Crippen LogP contribution is -2.33. The van der Waals surface area contributed by atoms with Gasteiger partial charge in [0.1, 0.15) is 5.52 Å². The van der Waals surface area contributed by atoms with Gasteiger partial charge in [0.15, 0.2) is 5.58 Å². The average Bonchev–Trinajstić information content (AvgIpc) is 3.39. The number of rotatable bonds is 8. The number of aromatic nitrogens is 1. The molecular formula is C22H20N2O2S2. The minimum Gasteiger partial charge on any atom is -0.431 e. The third-order valence-electron chi connectivity index (χ3n) is 4.39. The summed E-state index contributed by atoms with van der Waals surface area (Å²) in [6, 6.07) is 22.0. The molecule has 0 N–H and O–H groups in total. The standard InChI is InChI=1S/C22H20N2O2S2/c25-21(16-28-22-23-19-10-4-5-11-20(19)26-22)24(15-18-9-6-14-27-18)13-12-17-7-2-1-3-8-17/h1-11,14H,12-13,15-16H2. The van der Waals surface area contributed by atoms with Crippen LogP contribution in [-0.2, 0) is 17.8 Å². The van der Waals surface area contributed by atoms with Gasteiger partial charge in [-0.05, 0) is 35.6 Å². The Bertz CT molecular complexity index is 996. The zero-order valence-electron chi connectivity index (χ0n) is 15.3. The highest BCUT2D eigenvalue weighted by Crippen LogP contribution is 2.24. The second-order valence-electron chi connectivity index (χ2n) is 6.37. The van der Waals surface area contributed by atoms with Crippen LogP contribution in [0.2, 0.25) is 0 Å². The molecule has 2 aromatic carbocycles. The van der Waals surface area contributed by atoms with Crippen LogP contribution in [0.15, 0.2) is 81.8 Å². The van der Waals surface area contributed by atoms with E-state index in [0.717, 1.165) is 17.5 Å². The van der Waals surface area contributed by atoms with E-state index in [2.05, 4.69) is 23.2 Å². The Balaban J connectivity index is 1.41. The molecular weight excluding hydrogens is 388 g/mol. The van der Waals surface area contributed by atoms with Crippen molar-refractivity contribution in [2.45, 2.75) is 18.2 Å². The number of carbonyl (C=O) groups is 1. The van der Waals surface area contributed by atoms with Crippen LogP contribution in [0.25, 0.3) is 11.1 Å². The van der Waals surface area contributed by atoms with Crippen LogP contribution in [-0.4, -0.2) is 28.1 Å². The molecule has 142 valence electrons. The lowest BCUT2D eigenvalue weighted by Gasteiger charge is -2.22. The van der Waals surface area contributed by atoms with E-state index in [1.165, 1.54) is 22.2 Å². The lowest BCUT2D eigenvalue weighted by atomic mass is 10.1. The molecule has 0 saturated heterocycles. The molecule has 4 aromatic rings. The van der Waals surface area contributed by atoms with Gasteiger partial charge in [-0.3, -0.25) is 4.79 Å². The number of thiophene rings is 1. The maximum Gasteiger partial charge on any atom is 0.257 e. The number of hydrogen-bond acceptors (Lipinski definition) is 5. The van der Waals surface area contributed by atoms with Crippen molar-refractivity contribution in [2.24, 2.45) is 0 Å². The summed E-state index contributed by atoms with van der Waals surface area (Å²) in [7, 11) is 0. The normalized spacial score (nSPS) is 11.0. The Morgan fingerprint density at radius 3 is 2.64 bits per heavy atom. The Kier molecular flexibility index (Phi) is 6.09. The molecule has 4 rings (SSSR count). The van der Waals surface area contributed by atoms with Crippen LogP contribution in [0.5, 0.6) is 0 Å². The fourth-order valence-electron chi connectivity index (χ4n) is 2.92. The van der Waals surface area contributed by atoms with E-state index in [-0.39, 0.29) is 5.91 Å². The molecule has 0 aliphatic carbocycles. The molecule has 0 aliphatic heterocycles. The van der Waals surface area contributed by atoms with E-state index < -0.39 is 0 Å². The number of fused-ring (bicyclic) bond motifs is 1. The van der Waals surface area contributed by atoms with Crippen LogP contribution in [0, 0.1) is 0 Å². The predicted octanol–water partition coefficient (Wildman–Crippen LogP) is 5.25. The molecule has 0 atom stereocenters. The number of thioether (sulfide) groups is 1. The van der Waals surface area contributed by atoms with Crippen molar-refractivity contribution in [3.63, 3.8) is 0 Å². The van der Waals surface area contributed by atoms with Gasteiger partial charge in [-0.25, -0.2) is 4.98 Å². The maximum absolute atomic E-state index is 12.9. The van der Waals surface area contributed by atoms with E-state index in [1.54, 1.807) is 11.3 Å². The summed E-state index contributed by atoms with van der Waals surface area (Å²) in [4.78, 5) is 20.5. The number of carbonyl (C=O) groups excluding carboxylic acids is 1. The van der Waals surface area contributed by atoms with Gasteiger partial charge in [-0.2, -0.15) is 0 Å². The van der Waals surface area contributed by atoms with Crippen molar-refractivity contribution >= 4 is 40.1 Å². The largest absolute Gasteiger partial charge is 0.431 e. The fourth-order valence-corrected chi connectivity index (χ4v) is 4.38. The summed E-state index contributed by atoms with van der Waals surface area (Å²) < 4.78 is 5.72. The Morgan fingerprint density at radius 1 is 1.04 bits per heavy atom. The van der Waals surface area contributed by atoms with Gasteiger partial charge in [-0.1, -0.05) is 60.3 Å². The molecule has 0 spiro atoms. The smallest absolute Gasteiger partial charge is 0.257 e. The van der Waals surface area contributed by atoms with E-state index in [0.29, 0.717) is 24.1 Å². The first-order valence-corrected chi connectivity index (χ1v) is 11.0. The van der Waals surface area contributed by atoms with Crippen molar-refractivity contribution in [1.29, 1.82) is 0 Å². The Morgan fingerprint density at radius 2 is 1.86 bits per heavy atom.